The van der Waals surface area contributed by atoms with Crippen LogP contribution in [-0.2, 0) is 11.2 Å². The zero-order valence-electron chi connectivity index (χ0n) is 7.50. The summed E-state index contributed by atoms with van der Waals surface area (Å²) in [5.74, 6) is -0.0494. The highest BCUT2D eigenvalue weighted by Gasteiger charge is 2.15. The molecule has 4 nitrogen and oxygen atoms in total. The lowest BCUT2D eigenvalue weighted by atomic mass is 10.1. The molecule has 1 aliphatic rings. The van der Waals surface area contributed by atoms with Crippen molar-refractivity contribution in [2.45, 2.75) is 6.42 Å². The molecule has 0 fully saturated rings. The van der Waals surface area contributed by atoms with Gasteiger partial charge in [-0.25, -0.2) is 0 Å². The van der Waals surface area contributed by atoms with Gasteiger partial charge in [0, 0.05) is 0 Å². The maximum absolute atomic E-state index is 11.1. The van der Waals surface area contributed by atoms with E-state index in [1.54, 1.807) is 0 Å². The Morgan fingerprint density at radius 3 is 3.14 bits per heavy atom. The van der Waals surface area contributed by atoms with Crippen molar-refractivity contribution in [2.24, 2.45) is 0 Å². The zero-order chi connectivity index (χ0) is 9.97. The summed E-state index contributed by atoms with van der Waals surface area (Å²) in [4.78, 5) is 11.1. The average molecular weight is 187 g/mol. The molecule has 0 unspecified atom stereocenters. The van der Waals surface area contributed by atoms with Gasteiger partial charge in [-0.15, -0.1) is 0 Å². The second-order valence-electron chi connectivity index (χ2n) is 3.08. The SMILES string of the molecule is N#CCc1cccc2c1NCC(=O)N2. The van der Waals surface area contributed by atoms with Crippen LogP contribution in [0.2, 0.25) is 0 Å². The van der Waals surface area contributed by atoms with Crippen LogP contribution in [-0.4, -0.2) is 12.5 Å². The number of amides is 1. The maximum Gasteiger partial charge on any atom is 0.243 e. The summed E-state index contributed by atoms with van der Waals surface area (Å²) in [6.07, 6.45) is 0.353. The predicted octanol–water partition coefficient (Wildman–Crippen LogP) is 1.12. The summed E-state index contributed by atoms with van der Waals surface area (Å²) in [6.45, 7) is 0.273. The monoisotopic (exact) mass is 187 g/mol. The molecule has 0 radical (unpaired) electrons. The minimum absolute atomic E-state index is 0.0494. The molecule has 0 bridgehead atoms. The average Bonchev–Trinajstić information content (AvgIpc) is 2.18. The molecule has 4 heteroatoms. The number of nitrogens with zero attached hydrogens (tertiary/aromatic N) is 1. The second kappa shape index (κ2) is 3.38. The molecule has 2 rings (SSSR count). The molecule has 0 aliphatic carbocycles. The molecule has 0 saturated carbocycles. The number of benzene rings is 1. The first kappa shape index (κ1) is 8.57. The number of anilines is 2. The second-order valence-corrected chi connectivity index (χ2v) is 3.08. The van der Waals surface area contributed by atoms with Crippen molar-refractivity contribution in [3.8, 4) is 6.07 Å². The van der Waals surface area contributed by atoms with Gasteiger partial charge in [-0.1, -0.05) is 12.1 Å². The van der Waals surface area contributed by atoms with Crippen LogP contribution in [0.3, 0.4) is 0 Å². The van der Waals surface area contributed by atoms with E-state index in [9.17, 15) is 4.79 Å². The quantitative estimate of drug-likeness (QED) is 0.692. The first-order valence-corrected chi connectivity index (χ1v) is 4.34. The van der Waals surface area contributed by atoms with Gasteiger partial charge in [-0.3, -0.25) is 4.79 Å². The number of para-hydroxylation sites is 1. The summed E-state index contributed by atoms with van der Waals surface area (Å²) in [5, 5.41) is 14.4. The van der Waals surface area contributed by atoms with E-state index in [0.717, 1.165) is 16.9 Å². The molecule has 1 heterocycles. The van der Waals surface area contributed by atoms with Crippen molar-refractivity contribution < 1.29 is 4.79 Å². The lowest BCUT2D eigenvalue weighted by molar-refractivity contribution is -0.114. The van der Waals surface area contributed by atoms with Crippen LogP contribution >= 0.6 is 0 Å². The van der Waals surface area contributed by atoms with Crippen molar-refractivity contribution in [3.63, 3.8) is 0 Å². The Labute approximate surface area is 81.5 Å². The number of hydrogen-bond donors (Lipinski definition) is 2. The van der Waals surface area contributed by atoms with Gasteiger partial charge < -0.3 is 10.6 Å². The number of carbonyl (C=O) groups excluding carboxylic acids is 1. The van der Waals surface area contributed by atoms with E-state index in [0.29, 0.717) is 6.42 Å². The molecule has 14 heavy (non-hydrogen) atoms. The fourth-order valence-electron chi connectivity index (χ4n) is 1.51. The molecule has 1 aliphatic heterocycles. The van der Waals surface area contributed by atoms with Gasteiger partial charge in [0.15, 0.2) is 0 Å². The Kier molecular flexibility index (Phi) is 2.07. The molecule has 2 N–H and O–H groups in total. The number of rotatable bonds is 1. The fourth-order valence-corrected chi connectivity index (χ4v) is 1.51. The van der Waals surface area contributed by atoms with Gasteiger partial charge in [0.1, 0.15) is 0 Å². The highest BCUT2D eigenvalue weighted by molar-refractivity contribution is 6.01. The number of hydrogen-bond acceptors (Lipinski definition) is 3. The summed E-state index contributed by atoms with van der Waals surface area (Å²) in [6, 6.07) is 7.63. The smallest absolute Gasteiger partial charge is 0.243 e. The molecule has 0 spiro atoms. The van der Waals surface area contributed by atoms with Crippen LogP contribution in [0.25, 0.3) is 0 Å². The van der Waals surface area contributed by atoms with Gasteiger partial charge in [0.25, 0.3) is 0 Å². The third-order valence-corrected chi connectivity index (χ3v) is 2.12. The maximum atomic E-state index is 11.1. The van der Waals surface area contributed by atoms with E-state index in [1.807, 2.05) is 18.2 Å². The van der Waals surface area contributed by atoms with Gasteiger partial charge in [0.2, 0.25) is 5.91 Å². The van der Waals surface area contributed by atoms with Crippen LogP contribution in [0, 0.1) is 11.3 Å². The number of fused-ring (bicyclic) bond motifs is 1. The van der Waals surface area contributed by atoms with Crippen molar-refractivity contribution in [1.82, 2.24) is 0 Å². The van der Waals surface area contributed by atoms with Gasteiger partial charge in [0.05, 0.1) is 30.4 Å². The standard InChI is InChI=1S/C10H9N3O/c11-5-4-7-2-1-3-8-10(7)12-6-9(14)13-8/h1-3,12H,4,6H2,(H,13,14). The molecule has 70 valence electrons. The molecule has 1 aromatic carbocycles. The molecule has 0 atom stereocenters. The van der Waals surface area contributed by atoms with Gasteiger partial charge >= 0.3 is 0 Å². The lowest BCUT2D eigenvalue weighted by Gasteiger charge is -2.20. The normalized spacial score (nSPS) is 13.5. The Balaban J connectivity index is 2.42. The van der Waals surface area contributed by atoms with Crippen LogP contribution < -0.4 is 10.6 Å². The van der Waals surface area contributed by atoms with E-state index in [1.165, 1.54) is 0 Å². The number of carbonyl (C=O) groups is 1. The van der Waals surface area contributed by atoms with E-state index < -0.39 is 0 Å². The Morgan fingerprint density at radius 2 is 2.36 bits per heavy atom. The van der Waals surface area contributed by atoms with E-state index in [4.69, 9.17) is 5.26 Å². The summed E-state index contributed by atoms with van der Waals surface area (Å²) in [7, 11) is 0. The largest absolute Gasteiger partial charge is 0.374 e. The fraction of sp³-hybridized carbons (Fsp3) is 0.200. The first-order chi connectivity index (χ1) is 6.81. The molecule has 1 aromatic rings. The Morgan fingerprint density at radius 1 is 1.50 bits per heavy atom. The highest BCUT2D eigenvalue weighted by Crippen LogP contribution is 2.28. The van der Waals surface area contributed by atoms with Gasteiger partial charge in [-0.2, -0.15) is 5.26 Å². The minimum atomic E-state index is -0.0494. The molecule has 1 amide bonds. The molecular formula is C10H9N3O. The van der Waals surface area contributed by atoms with E-state index >= 15 is 0 Å². The predicted molar refractivity (Wildman–Crippen MR) is 52.9 cm³/mol. The Hall–Kier alpha value is -2.02. The van der Waals surface area contributed by atoms with Crippen molar-refractivity contribution in [2.75, 3.05) is 17.2 Å². The van der Waals surface area contributed by atoms with Crippen LogP contribution in [0.15, 0.2) is 18.2 Å². The van der Waals surface area contributed by atoms with Crippen LogP contribution in [0.1, 0.15) is 5.56 Å². The highest BCUT2D eigenvalue weighted by atomic mass is 16.2. The molecule has 0 saturated heterocycles. The zero-order valence-corrected chi connectivity index (χ0v) is 7.50. The molecular weight excluding hydrogens is 178 g/mol. The van der Waals surface area contributed by atoms with Crippen LogP contribution in [0.4, 0.5) is 11.4 Å². The third-order valence-electron chi connectivity index (χ3n) is 2.12. The summed E-state index contributed by atoms with van der Waals surface area (Å²) in [5.41, 5.74) is 2.55. The van der Waals surface area contributed by atoms with Gasteiger partial charge in [-0.05, 0) is 11.6 Å². The number of nitrogens with one attached hydrogen (secondary N) is 2. The van der Waals surface area contributed by atoms with Crippen molar-refractivity contribution >= 4 is 17.3 Å². The minimum Gasteiger partial charge on any atom is -0.374 e. The van der Waals surface area contributed by atoms with E-state index in [2.05, 4.69) is 16.7 Å². The van der Waals surface area contributed by atoms with Crippen molar-refractivity contribution in [3.05, 3.63) is 23.8 Å². The van der Waals surface area contributed by atoms with Crippen molar-refractivity contribution in [1.29, 1.82) is 5.26 Å². The number of nitriles is 1. The summed E-state index contributed by atoms with van der Waals surface area (Å²) < 4.78 is 0. The third kappa shape index (κ3) is 1.40. The Bertz CT molecular complexity index is 420. The first-order valence-electron chi connectivity index (χ1n) is 4.34. The van der Waals surface area contributed by atoms with E-state index in [-0.39, 0.29) is 12.5 Å². The summed E-state index contributed by atoms with van der Waals surface area (Å²) >= 11 is 0. The topological polar surface area (TPSA) is 64.9 Å². The van der Waals surface area contributed by atoms with Crippen LogP contribution in [0.5, 0.6) is 0 Å². The molecule has 0 aromatic heterocycles. The lowest BCUT2D eigenvalue weighted by Crippen LogP contribution is -2.28.